The Morgan fingerprint density at radius 1 is 1.00 bits per heavy atom. The van der Waals surface area contributed by atoms with E-state index in [1.807, 2.05) is 54.6 Å². The van der Waals surface area contributed by atoms with E-state index in [0.717, 1.165) is 16.7 Å². The van der Waals surface area contributed by atoms with Crippen molar-refractivity contribution < 1.29 is 19.1 Å². The molecule has 1 heterocycles. The molecule has 0 spiro atoms. The number of carbonyl (C=O) groups is 3. The number of hydrogen-bond donors (Lipinski definition) is 1. The van der Waals surface area contributed by atoms with Gasteiger partial charge in [0.1, 0.15) is 11.8 Å². The zero-order valence-electron chi connectivity index (χ0n) is 13.7. The molecule has 0 aliphatic carbocycles. The van der Waals surface area contributed by atoms with Crippen molar-refractivity contribution in [3.63, 3.8) is 0 Å². The van der Waals surface area contributed by atoms with Gasteiger partial charge in [-0.3, -0.25) is 9.59 Å². The molecule has 2 aromatic rings. The highest BCUT2D eigenvalue weighted by molar-refractivity contribution is 6.00. The predicted octanol–water partition coefficient (Wildman–Crippen LogP) is 2.29. The van der Waals surface area contributed by atoms with Gasteiger partial charge >= 0.3 is 5.97 Å². The van der Waals surface area contributed by atoms with Crippen LogP contribution in [0, 0.1) is 0 Å². The second-order valence-corrected chi connectivity index (χ2v) is 6.03. The molecule has 1 amide bonds. The number of esters is 1. The van der Waals surface area contributed by atoms with E-state index in [4.69, 9.17) is 4.74 Å². The summed E-state index contributed by atoms with van der Waals surface area (Å²) in [5.41, 5.74) is 3.05. The Morgan fingerprint density at radius 3 is 2.32 bits per heavy atom. The largest absolute Gasteiger partial charge is 0.464 e. The van der Waals surface area contributed by atoms with Crippen molar-refractivity contribution in [1.29, 1.82) is 0 Å². The normalized spacial score (nSPS) is 16.3. The third kappa shape index (κ3) is 4.53. The van der Waals surface area contributed by atoms with Crippen LogP contribution in [0.15, 0.2) is 54.6 Å². The van der Waals surface area contributed by atoms with E-state index >= 15 is 0 Å². The molecular weight excluding hydrogens is 318 g/mol. The lowest BCUT2D eigenvalue weighted by Gasteiger charge is -2.08. The van der Waals surface area contributed by atoms with E-state index in [2.05, 4.69) is 5.32 Å². The Balaban J connectivity index is 1.52. The molecule has 5 heteroatoms. The van der Waals surface area contributed by atoms with E-state index in [9.17, 15) is 14.4 Å². The Morgan fingerprint density at radius 2 is 1.68 bits per heavy atom. The molecule has 1 atom stereocenters. The molecule has 5 nitrogen and oxygen atoms in total. The Kier molecular flexibility index (Phi) is 5.23. The fourth-order valence-electron chi connectivity index (χ4n) is 2.79. The third-order valence-corrected chi connectivity index (χ3v) is 4.09. The fraction of sp³-hybridized carbons (Fsp3) is 0.250. The van der Waals surface area contributed by atoms with E-state index in [1.54, 1.807) is 0 Å². The molecule has 3 rings (SSSR count). The lowest BCUT2D eigenvalue weighted by Crippen LogP contribution is -2.38. The molecule has 0 saturated carbocycles. The predicted molar refractivity (Wildman–Crippen MR) is 92.7 cm³/mol. The zero-order valence-corrected chi connectivity index (χ0v) is 13.7. The maximum atomic E-state index is 12.1. The van der Waals surface area contributed by atoms with Crippen molar-refractivity contribution in [2.45, 2.75) is 25.3 Å². The van der Waals surface area contributed by atoms with E-state index < -0.39 is 17.9 Å². The van der Waals surface area contributed by atoms with Crippen molar-refractivity contribution >= 4 is 17.7 Å². The summed E-state index contributed by atoms with van der Waals surface area (Å²) in [6.07, 6.45) is 0.418. The van der Waals surface area contributed by atoms with Gasteiger partial charge in [-0.2, -0.15) is 0 Å². The van der Waals surface area contributed by atoms with Gasteiger partial charge in [-0.15, -0.1) is 0 Å². The summed E-state index contributed by atoms with van der Waals surface area (Å²) in [5.74, 6) is -1.05. The average Bonchev–Trinajstić information content (AvgIpc) is 3.01. The first-order valence-electron chi connectivity index (χ1n) is 8.24. The van der Waals surface area contributed by atoms with Crippen LogP contribution in [0.2, 0.25) is 0 Å². The fourth-order valence-corrected chi connectivity index (χ4v) is 2.79. The topological polar surface area (TPSA) is 72.5 Å². The minimum absolute atomic E-state index is 0.184. The van der Waals surface area contributed by atoms with Gasteiger partial charge in [-0.1, -0.05) is 54.6 Å². The van der Waals surface area contributed by atoms with Gasteiger partial charge in [0.25, 0.3) is 0 Å². The molecule has 25 heavy (non-hydrogen) atoms. The van der Waals surface area contributed by atoms with E-state index in [-0.39, 0.29) is 18.6 Å². The van der Waals surface area contributed by atoms with Gasteiger partial charge in [0, 0.05) is 12.8 Å². The number of amides is 1. The molecule has 0 bridgehead atoms. The van der Waals surface area contributed by atoms with Crippen molar-refractivity contribution in [2.75, 3.05) is 6.61 Å². The van der Waals surface area contributed by atoms with Crippen LogP contribution in [0.25, 0.3) is 11.1 Å². The monoisotopic (exact) mass is 337 g/mol. The molecule has 2 aromatic carbocycles. The molecule has 0 unspecified atom stereocenters. The first kappa shape index (κ1) is 16.9. The number of rotatable bonds is 6. The molecule has 1 aliphatic heterocycles. The number of nitrogens with one attached hydrogen (secondary N) is 1. The maximum absolute atomic E-state index is 12.1. The molecule has 1 aliphatic rings. The van der Waals surface area contributed by atoms with Crippen LogP contribution in [0.5, 0.6) is 0 Å². The Bertz CT molecular complexity index is 768. The van der Waals surface area contributed by atoms with Crippen LogP contribution in [0.4, 0.5) is 0 Å². The third-order valence-electron chi connectivity index (χ3n) is 4.09. The first-order chi connectivity index (χ1) is 12.1. The summed E-state index contributed by atoms with van der Waals surface area (Å²) in [6.45, 7) is 0.311. The summed E-state index contributed by atoms with van der Waals surface area (Å²) in [5, 5.41) is 2.54. The van der Waals surface area contributed by atoms with Crippen molar-refractivity contribution in [3.8, 4) is 11.1 Å². The second kappa shape index (κ2) is 7.75. The summed E-state index contributed by atoms with van der Waals surface area (Å²) >= 11 is 0. The Labute approximate surface area is 146 Å². The van der Waals surface area contributed by atoms with E-state index in [1.165, 1.54) is 0 Å². The molecule has 128 valence electrons. The lowest BCUT2D eigenvalue weighted by atomic mass is 10.0. The number of benzene rings is 2. The number of cyclic esters (lactones) is 1. The first-order valence-corrected chi connectivity index (χ1v) is 8.24. The summed E-state index contributed by atoms with van der Waals surface area (Å²) in [7, 11) is 0. The van der Waals surface area contributed by atoms with Gasteiger partial charge in [-0.25, -0.2) is 4.79 Å². The second-order valence-electron chi connectivity index (χ2n) is 6.03. The highest BCUT2D eigenvalue weighted by Gasteiger charge is 2.28. The summed E-state index contributed by atoms with van der Waals surface area (Å²) < 4.78 is 4.78. The zero-order chi connectivity index (χ0) is 17.6. The summed E-state index contributed by atoms with van der Waals surface area (Å²) in [6, 6.07) is 17.1. The van der Waals surface area contributed by atoms with Crippen molar-refractivity contribution in [2.24, 2.45) is 0 Å². The number of hydrogen-bond acceptors (Lipinski definition) is 4. The molecule has 1 N–H and O–H groups in total. The van der Waals surface area contributed by atoms with Crippen LogP contribution >= 0.6 is 0 Å². The van der Waals surface area contributed by atoms with Crippen LogP contribution in [-0.4, -0.2) is 30.3 Å². The van der Waals surface area contributed by atoms with Gasteiger partial charge < -0.3 is 10.1 Å². The van der Waals surface area contributed by atoms with Gasteiger partial charge in [-0.05, 0) is 16.7 Å². The van der Waals surface area contributed by atoms with Crippen LogP contribution in [0.3, 0.4) is 0 Å². The summed E-state index contributed by atoms with van der Waals surface area (Å²) in [4.78, 5) is 35.2. The highest BCUT2D eigenvalue weighted by atomic mass is 16.5. The van der Waals surface area contributed by atoms with Crippen molar-refractivity contribution in [3.05, 3.63) is 60.2 Å². The average molecular weight is 337 g/mol. The molecular formula is C20H19NO4. The van der Waals surface area contributed by atoms with E-state index in [0.29, 0.717) is 13.0 Å². The van der Waals surface area contributed by atoms with Gasteiger partial charge in [0.05, 0.1) is 13.0 Å². The van der Waals surface area contributed by atoms with Crippen LogP contribution in [-0.2, 0) is 25.5 Å². The standard InChI is InChI=1S/C20H19NO4/c22-17(13-19(23)21-18-10-11-25-20(18)24)12-14-6-8-16(9-7-14)15-4-2-1-3-5-15/h1-9,18H,10-13H2,(H,21,23)/t18-/m1/s1. The van der Waals surface area contributed by atoms with Crippen LogP contribution < -0.4 is 5.32 Å². The van der Waals surface area contributed by atoms with Crippen LogP contribution in [0.1, 0.15) is 18.4 Å². The molecule has 1 saturated heterocycles. The number of ether oxygens (including phenoxy) is 1. The SMILES string of the molecule is O=C(CC(=O)N[C@@H]1CCOC1=O)Cc1ccc(-c2ccccc2)cc1. The van der Waals surface area contributed by atoms with Crippen molar-refractivity contribution in [1.82, 2.24) is 5.32 Å². The molecule has 0 aromatic heterocycles. The number of Topliss-reactive ketones (excluding diaryl/α,β-unsaturated/α-hetero) is 1. The minimum atomic E-state index is -0.620. The van der Waals surface area contributed by atoms with Gasteiger partial charge in [0.15, 0.2) is 0 Å². The Hall–Kier alpha value is -2.95. The maximum Gasteiger partial charge on any atom is 0.328 e. The minimum Gasteiger partial charge on any atom is -0.464 e. The molecule has 1 fully saturated rings. The number of ketones is 1. The van der Waals surface area contributed by atoms with Gasteiger partial charge in [0.2, 0.25) is 5.91 Å². The quantitative estimate of drug-likeness (QED) is 0.648. The smallest absolute Gasteiger partial charge is 0.328 e. The molecule has 0 radical (unpaired) electrons. The lowest BCUT2D eigenvalue weighted by molar-refractivity contribution is -0.141. The highest BCUT2D eigenvalue weighted by Crippen LogP contribution is 2.19. The number of carbonyl (C=O) groups excluding carboxylic acids is 3.